The zero-order chi connectivity index (χ0) is 23.6. The van der Waals surface area contributed by atoms with Crippen molar-refractivity contribution in [2.24, 2.45) is 12.8 Å². The van der Waals surface area contributed by atoms with E-state index in [-0.39, 0.29) is 6.04 Å². The van der Waals surface area contributed by atoms with E-state index >= 15 is 0 Å². The molecule has 33 heavy (non-hydrogen) atoms. The second-order valence-corrected chi connectivity index (χ2v) is 8.58. The molecular formula is C24H32N8O. The molecular weight excluding hydrogens is 416 g/mol. The SMILES string of the molecule is CNC1(CCN(C)C)C=C(OC)C(Nc2cc(-c3nn(C)c4ccncc34)ccn2)=CC1N. The number of ether oxygens (including phenoxy) is 1. The maximum absolute atomic E-state index is 6.62. The van der Waals surface area contributed by atoms with Gasteiger partial charge in [-0.2, -0.15) is 5.10 Å². The van der Waals surface area contributed by atoms with Gasteiger partial charge in [-0.15, -0.1) is 0 Å². The van der Waals surface area contributed by atoms with E-state index in [9.17, 15) is 0 Å². The van der Waals surface area contributed by atoms with Crippen molar-refractivity contribution in [1.82, 2.24) is 30.0 Å². The number of aryl methyl sites for hydroxylation is 1. The minimum Gasteiger partial charge on any atom is -0.495 e. The van der Waals surface area contributed by atoms with E-state index in [4.69, 9.17) is 15.6 Å². The normalized spacial score (nSPS) is 20.6. The Bertz CT molecular complexity index is 1200. The van der Waals surface area contributed by atoms with Gasteiger partial charge < -0.3 is 26.0 Å². The zero-order valence-corrected chi connectivity index (χ0v) is 19.8. The highest BCUT2D eigenvalue weighted by Gasteiger charge is 2.37. The highest BCUT2D eigenvalue weighted by atomic mass is 16.5. The monoisotopic (exact) mass is 448 g/mol. The van der Waals surface area contributed by atoms with Crippen LogP contribution in [0, 0.1) is 0 Å². The lowest BCUT2D eigenvalue weighted by Crippen LogP contribution is -2.57. The minimum atomic E-state index is -0.393. The van der Waals surface area contributed by atoms with Gasteiger partial charge in [-0.25, -0.2) is 4.98 Å². The molecule has 1 aliphatic carbocycles. The Morgan fingerprint density at radius 2 is 2.09 bits per heavy atom. The molecule has 0 amide bonds. The second-order valence-electron chi connectivity index (χ2n) is 8.58. The summed E-state index contributed by atoms with van der Waals surface area (Å²) in [6, 6.07) is 5.64. The van der Waals surface area contributed by atoms with Crippen LogP contribution in [-0.4, -0.2) is 71.0 Å². The van der Waals surface area contributed by atoms with E-state index in [1.165, 1.54) is 0 Å². The van der Waals surface area contributed by atoms with Gasteiger partial charge in [0.1, 0.15) is 17.3 Å². The maximum Gasteiger partial charge on any atom is 0.140 e. The minimum absolute atomic E-state index is 0.238. The smallest absolute Gasteiger partial charge is 0.140 e. The first-order chi connectivity index (χ1) is 15.9. The Morgan fingerprint density at radius 3 is 2.82 bits per heavy atom. The third-order valence-corrected chi connectivity index (χ3v) is 6.20. The van der Waals surface area contributed by atoms with Crippen LogP contribution >= 0.6 is 0 Å². The van der Waals surface area contributed by atoms with Crippen LogP contribution in [0.25, 0.3) is 22.2 Å². The summed E-state index contributed by atoms with van der Waals surface area (Å²) in [5.41, 5.74) is 9.85. The van der Waals surface area contributed by atoms with Gasteiger partial charge in [-0.1, -0.05) is 0 Å². The summed E-state index contributed by atoms with van der Waals surface area (Å²) in [4.78, 5) is 10.9. The number of hydrogen-bond acceptors (Lipinski definition) is 8. The van der Waals surface area contributed by atoms with Crippen molar-refractivity contribution >= 4 is 16.7 Å². The van der Waals surface area contributed by atoms with E-state index in [1.54, 1.807) is 19.5 Å². The van der Waals surface area contributed by atoms with Crippen LogP contribution in [0.15, 0.2) is 60.4 Å². The van der Waals surface area contributed by atoms with Gasteiger partial charge in [0.15, 0.2) is 0 Å². The Kier molecular flexibility index (Phi) is 6.46. The molecule has 4 N–H and O–H groups in total. The summed E-state index contributed by atoms with van der Waals surface area (Å²) in [6.45, 7) is 0.898. The number of methoxy groups -OCH3 is 1. The van der Waals surface area contributed by atoms with Crippen molar-refractivity contribution < 1.29 is 4.74 Å². The Hall–Kier alpha value is -3.27. The number of nitrogens with zero attached hydrogens (tertiary/aromatic N) is 5. The fourth-order valence-corrected chi connectivity index (χ4v) is 4.21. The van der Waals surface area contributed by atoms with E-state index in [1.807, 2.05) is 49.2 Å². The quantitative estimate of drug-likeness (QED) is 0.481. The van der Waals surface area contributed by atoms with Crippen molar-refractivity contribution in [3.63, 3.8) is 0 Å². The molecule has 3 aromatic rings. The largest absolute Gasteiger partial charge is 0.495 e. The summed E-state index contributed by atoms with van der Waals surface area (Å²) in [5.74, 6) is 1.41. The van der Waals surface area contributed by atoms with Gasteiger partial charge in [0.05, 0.1) is 23.9 Å². The number of fused-ring (bicyclic) bond motifs is 1. The molecule has 3 aromatic heterocycles. The van der Waals surface area contributed by atoms with Crippen LogP contribution in [0.1, 0.15) is 6.42 Å². The first kappa shape index (κ1) is 22.9. The number of aromatic nitrogens is 4. The first-order valence-corrected chi connectivity index (χ1v) is 11.0. The van der Waals surface area contributed by atoms with E-state index in [0.717, 1.165) is 46.6 Å². The van der Waals surface area contributed by atoms with Crippen molar-refractivity contribution in [3.05, 3.63) is 60.4 Å². The summed E-state index contributed by atoms with van der Waals surface area (Å²) in [7, 11) is 9.65. The molecule has 0 saturated carbocycles. The molecule has 174 valence electrons. The molecule has 3 heterocycles. The number of anilines is 1. The molecule has 1 aliphatic rings. The van der Waals surface area contributed by atoms with Crippen molar-refractivity contribution in [3.8, 4) is 11.3 Å². The predicted octanol–water partition coefficient (Wildman–Crippen LogP) is 2.11. The van der Waals surface area contributed by atoms with Crippen LogP contribution in [0.3, 0.4) is 0 Å². The van der Waals surface area contributed by atoms with Gasteiger partial charge in [-0.3, -0.25) is 9.67 Å². The number of nitrogens with one attached hydrogen (secondary N) is 2. The Balaban J connectivity index is 1.63. The van der Waals surface area contributed by atoms with Gasteiger partial charge in [0, 0.05) is 42.6 Å². The average molecular weight is 449 g/mol. The summed E-state index contributed by atoms with van der Waals surface area (Å²) in [6.07, 6.45) is 10.3. The molecule has 0 saturated heterocycles. The van der Waals surface area contributed by atoms with E-state index < -0.39 is 5.54 Å². The van der Waals surface area contributed by atoms with Gasteiger partial charge in [0.2, 0.25) is 0 Å². The first-order valence-electron chi connectivity index (χ1n) is 11.0. The fourth-order valence-electron chi connectivity index (χ4n) is 4.21. The molecule has 9 heteroatoms. The Morgan fingerprint density at radius 1 is 1.27 bits per heavy atom. The lowest BCUT2D eigenvalue weighted by Gasteiger charge is -2.39. The zero-order valence-electron chi connectivity index (χ0n) is 19.8. The number of pyridine rings is 2. The second kappa shape index (κ2) is 9.30. The summed E-state index contributed by atoms with van der Waals surface area (Å²) < 4.78 is 7.59. The molecule has 0 aliphatic heterocycles. The van der Waals surface area contributed by atoms with Crippen LogP contribution in [0.2, 0.25) is 0 Å². The number of nitrogens with two attached hydrogens (primary N) is 1. The van der Waals surface area contributed by atoms with Crippen molar-refractivity contribution in [2.75, 3.05) is 40.1 Å². The fraction of sp³-hybridized carbons (Fsp3) is 0.375. The number of rotatable bonds is 8. The van der Waals surface area contributed by atoms with Crippen LogP contribution in [0.5, 0.6) is 0 Å². The lowest BCUT2D eigenvalue weighted by molar-refractivity contribution is 0.260. The van der Waals surface area contributed by atoms with Gasteiger partial charge in [-0.05, 0) is 64.5 Å². The van der Waals surface area contributed by atoms with Gasteiger partial charge >= 0.3 is 0 Å². The topological polar surface area (TPSA) is 106 Å². The standard InChI is InChI=1S/C24H32N8O/c1-26-24(8-11-31(2)3)14-20(33-5)18(13-21(24)25)29-22-12-16(6-10-28-22)23-17-15-27-9-7-19(17)32(4)30-23/h6-7,9-10,12-15,21,26H,8,11,25H2,1-5H3,(H,28,29). The summed E-state index contributed by atoms with van der Waals surface area (Å²) >= 11 is 0. The van der Waals surface area contributed by atoms with Crippen molar-refractivity contribution in [2.45, 2.75) is 18.0 Å². The van der Waals surface area contributed by atoms with E-state index in [0.29, 0.717) is 5.82 Å². The number of hydrogen-bond donors (Lipinski definition) is 3. The predicted molar refractivity (Wildman–Crippen MR) is 131 cm³/mol. The molecule has 0 aromatic carbocycles. The van der Waals surface area contributed by atoms with Crippen molar-refractivity contribution in [1.29, 1.82) is 0 Å². The highest BCUT2D eigenvalue weighted by molar-refractivity contribution is 5.92. The lowest BCUT2D eigenvalue weighted by atomic mass is 9.82. The van der Waals surface area contributed by atoms with Gasteiger partial charge in [0.25, 0.3) is 0 Å². The van der Waals surface area contributed by atoms with Crippen LogP contribution in [-0.2, 0) is 11.8 Å². The number of likely N-dealkylation sites (N-methyl/N-ethyl adjacent to an activating group) is 1. The Labute approximate surface area is 194 Å². The molecule has 2 unspecified atom stereocenters. The molecule has 0 bridgehead atoms. The maximum atomic E-state index is 6.62. The molecule has 0 spiro atoms. The third-order valence-electron chi connectivity index (χ3n) is 6.20. The molecule has 0 radical (unpaired) electrons. The van der Waals surface area contributed by atoms with E-state index in [2.05, 4.69) is 45.7 Å². The highest BCUT2D eigenvalue weighted by Crippen LogP contribution is 2.31. The molecule has 9 nitrogen and oxygen atoms in total. The average Bonchev–Trinajstić information content (AvgIpc) is 3.16. The summed E-state index contributed by atoms with van der Waals surface area (Å²) in [5, 5.41) is 12.5. The third kappa shape index (κ3) is 4.47. The molecule has 2 atom stereocenters. The molecule has 4 rings (SSSR count). The van der Waals surface area contributed by atoms with Crippen LogP contribution in [0.4, 0.5) is 5.82 Å². The van der Waals surface area contributed by atoms with Crippen LogP contribution < -0.4 is 16.4 Å². The molecule has 0 fully saturated rings.